The number of carbonyl (C=O) groups is 1. The molecule has 5 heteroatoms. The van der Waals surface area contributed by atoms with E-state index in [0.29, 0.717) is 18.0 Å². The molecule has 3 aromatic rings. The Hall–Kier alpha value is -3.08. The van der Waals surface area contributed by atoms with Crippen molar-refractivity contribution in [2.45, 2.75) is 6.54 Å². The standard InChI is InChI=1S/C19H18N2O3/c1-23-17-10-6-3-7-13(17)12-20-19(22)16-11-18(24-2)14-8-4-5-9-15(14)21-16/h3-11H,12H2,1-2H3,(H,20,22). The summed E-state index contributed by atoms with van der Waals surface area (Å²) in [4.78, 5) is 16.9. The van der Waals surface area contributed by atoms with Crippen molar-refractivity contribution in [3.63, 3.8) is 0 Å². The van der Waals surface area contributed by atoms with Gasteiger partial charge in [-0.2, -0.15) is 0 Å². The molecule has 24 heavy (non-hydrogen) atoms. The number of amides is 1. The summed E-state index contributed by atoms with van der Waals surface area (Å²) in [6, 6.07) is 16.8. The van der Waals surface area contributed by atoms with Crippen LogP contribution in [0.4, 0.5) is 0 Å². The molecule has 0 spiro atoms. The third kappa shape index (κ3) is 3.15. The fourth-order valence-corrected chi connectivity index (χ4v) is 2.54. The predicted octanol–water partition coefficient (Wildman–Crippen LogP) is 3.18. The fraction of sp³-hybridized carbons (Fsp3) is 0.158. The Balaban J connectivity index is 1.84. The van der Waals surface area contributed by atoms with Gasteiger partial charge in [-0.15, -0.1) is 0 Å². The largest absolute Gasteiger partial charge is 0.496 e. The lowest BCUT2D eigenvalue weighted by Crippen LogP contribution is -2.24. The van der Waals surface area contributed by atoms with E-state index in [-0.39, 0.29) is 5.91 Å². The Morgan fingerprint density at radius 2 is 1.71 bits per heavy atom. The van der Waals surface area contributed by atoms with E-state index in [1.54, 1.807) is 20.3 Å². The van der Waals surface area contributed by atoms with E-state index in [4.69, 9.17) is 9.47 Å². The molecule has 0 atom stereocenters. The molecule has 1 heterocycles. The molecule has 0 saturated heterocycles. The van der Waals surface area contributed by atoms with Gasteiger partial charge in [-0.05, 0) is 18.2 Å². The highest BCUT2D eigenvalue weighted by atomic mass is 16.5. The number of hydrogen-bond acceptors (Lipinski definition) is 4. The first kappa shape index (κ1) is 15.8. The molecule has 0 fully saturated rings. The molecular formula is C19H18N2O3. The zero-order valence-electron chi connectivity index (χ0n) is 13.6. The van der Waals surface area contributed by atoms with E-state index in [9.17, 15) is 4.79 Å². The van der Waals surface area contributed by atoms with E-state index in [2.05, 4.69) is 10.3 Å². The van der Waals surface area contributed by atoms with Gasteiger partial charge in [-0.3, -0.25) is 4.79 Å². The minimum atomic E-state index is -0.259. The first-order valence-corrected chi connectivity index (χ1v) is 7.57. The van der Waals surface area contributed by atoms with Gasteiger partial charge in [0.1, 0.15) is 17.2 Å². The van der Waals surface area contributed by atoms with E-state index < -0.39 is 0 Å². The molecule has 0 bridgehead atoms. The van der Waals surface area contributed by atoms with Crippen molar-refractivity contribution in [2.75, 3.05) is 14.2 Å². The lowest BCUT2D eigenvalue weighted by molar-refractivity contribution is 0.0945. The monoisotopic (exact) mass is 322 g/mol. The molecule has 1 amide bonds. The third-order valence-corrected chi connectivity index (χ3v) is 3.76. The molecule has 5 nitrogen and oxygen atoms in total. The number of fused-ring (bicyclic) bond motifs is 1. The average Bonchev–Trinajstić information content (AvgIpc) is 2.65. The van der Waals surface area contributed by atoms with Gasteiger partial charge in [0.15, 0.2) is 0 Å². The van der Waals surface area contributed by atoms with Gasteiger partial charge >= 0.3 is 0 Å². The molecule has 1 aromatic heterocycles. The smallest absolute Gasteiger partial charge is 0.270 e. The number of pyridine rings is 1. The zero-order chi connectivity index (χ0) is 16.9. The Labute approximate surface area is 140 Å². The number of ether oxygens (including phenoxy) is 2. The van der Waals surface area contributed by atoms with Gasteiger partial charge < -0.3 is 14.8 Å². The van der Waals surface area contributed by atoms with Crippen LogP contribution in [0.2, 0.25) is 0 Å². The van der Waals surface area contributed by atoms with E-state index >= 15 is 0 Å². The molecule has 0 unspecified atom stereocenters. The number of benzene rings is 2. The first-order chi connectivity index (χ1) is 11.7. The summed E-state index contributed by atoms with van der Waals surface area (Å²) in [6.07, 6.45) is 0. The average molecular weight is 322 g/mol. The SMILES string of the molecule is COc1ccccc1CNC(=O)c1cc(OC)c2ccccc2n1. The Morgan fingerprint density at radius 3 is 2.50 bits per heavy atom. The van der Waals surface area contributed by atoms with Crippen molar-refractivity contribution in [1.82, 2.24) is 10.3 Å². The summed E-state index contributed by atoms with van der Waals surface area (Å²) >= 11 is 0. The van der Waals surface area contributed by atoms with Crippen LogP contribution in [-0.4, -0.2) is 25.1 Å². The van der Waals surface area contributed by atoms with Crippen LogP contribution in [-0.2, 0) is 6.54 Å². The number of carbonyl (C=O) groups excluding carboxylic acids is 1. The van der Waals surface area contributed by atoms with Crippen LogP contribution in [0.1, 0.15) is 16.1 Å². The molecule has 2 aromatic carbocycles. The molecule has 1 N–H and O–H groups in total. The lowest BCUT2D eigenvalue weighted by atomic mass is 10.1. The second-order valence-electron chi connectivity index (χ2n) is 5.22. The van der Waals surface area contributed by atoms with Crippen LogP contribution >= 0.6 is 0 Å². The number of methoxy groups -OCH3 is 2. The van der Waals surface area contributed by atoms with E-state index in [1.807, 2.05) is 48.5 Å². The number of aromatic nitrogens is 1. The van der Waals surface area contributed by atoms with Crippen molar-refractivity contribution < 1.29 is 14.3 Å². The van der Waals surface area contributed by atoms with Gasteiger partial charge in [0.2, 0.25) is 0 Å². The quantitative estimate of drug-likeness (QED) is 0.784. The molecule has 0 aliphatic heterocycles. The van der Waals surface area contributed by atoms with Gasteiger partial charge in [0, 0.05) is 23.6 Å². The highest BCUT2D eigenvalue weighted by Crippen LogP contribution is 2.25. The number of nitrogens with one attached hydrogen (secondary N) is 1. The van der Waals surface area contributed by atoms with Crippen LogP contribution < -0.4 is 14.8 Å². The second kappa shape index (κ2) is 7.00. The Morgan fingerprint density at radius 1 is 1.00 bits per heavy atom. The van der Waals surface area contributed by atoms with Crippen LogP contribution in [0.5, 0.6) is 11.5 Å². The summed E-state index contributed by atoms with van der Waals surface area (Å²) in [6.45, 7) is 0.361. The van der Waals surface area contributed by atoms with Crippen molar-refractivity contribution in [3.05, 3.63) is 65.9 Å². The Bertz CT molecular complexity index is 877. The van der Waals surface area contributed by atoms with Crippen molar-refractivity contribution in [1.29, 1.82) is 0 Å². The van der Waals surface area contributed by atoms with Crippen LogP contribution in [0.25, 0.3) is 10.9 Å². The summed E-state index contributed by atoms with van der Waals surface area (Å²) in [5.74, 6) is 1.11. The van der Waals surface area contributed by atoms with Gasteiger partial charge in [-0.1, -0.05) is 30.3 Å². The molecule has 0 saturated carbocycles. The van der Waals surface area contributed by atoms with E-state index in [0.717, 1.165) is 22.2 Å². The second-order valence-corrected chi connectivity index (χ2v) is 5.22. The molecule has 0 aliphatic carbocycles. The highest BCUT2D eigenvalue weighted by Gasteiger charge is 2.13. The summed E-state index contributed by atoms with van der Waals surface area (Å²) in [7, 11) is 3.19. The van der Waals surface area contributed by atoms with E-state index in [1.165, 1.54) is 0 Å². The molecule has 0 radical (unpaired) electrons. The lowest BCUT2D eigenvalue weighted by Gasteiger charge is -2.11. The number of para-hydroxylation sites is 2. The summed E-state index contributed by atoms with van der Waals surface area (Å²) in [5, 5.41) is 3.75. The third-order valence-electron chi connectivity index (χ3n) is 3.76. The molecular weight excluding hydrogens is 304 g/mol. The zero-order valence-corrected chi connectivity index (χ0v) is 13.6. The predicted molar refractivity (Wildman–Crippen MR) is 92.5 cm³/mol. The topological polar surface area (TPSA) is 60.5 Å². The van der Waals surface area contributed by atoms with Gasteiger partial charge in [-0.25, -0.2) is 4.98 Å². The number of nitrogens with zero attached hydrogens (tertiary/aromatic N) is 1. The highest BCUT2D eigenvalue weighted by molar-refractivity contribution is 5.97. The van der Waals surface area contributed by atoms with Gasteiger partial charge in [0.05, 0.1) is 19.7 Å². The number of hydrogen-bond donors (Lipinski definition) is 1. The fourth-order valence-electron chi connectivity index (χ4n) is 2.54. The normalized spacial score (nSPS) is 10.4. The summed E-state index contributed by atoms with van der Waals surface area (Å²) < 4.78 is 10.7. The van der Waals surface area contributed by atoms with Crippen LogP contribution in [0.3, 0.4) is 0 Å². The Kier molecular flexibility index (Phi) is 4.61. The molecule has 122 valence electrons. The van der Waals surface area contributed by atoms with Crippen molar-refractivity contribution in [3.8, 4) is 11.5 Å². The number of rotatable bonds is 5. The van der Waals surface area contributed by atoms with Crippen LogP contribution in [0.15, 0.2) is 54.6 Å². The van der Waals surface area contributed by atoms with Crippen molar-refractivity contribution >= 4 is 16.8 Å². The summed E-state index contributed by atoms with van der Waals surface area (Å²) in [5.41, 5.74) is 1.95. The minimum absolute atomic E-state index is 0.259. The van der Waals surface area contributed by atoms with Gasteiger partial charge in [0.25, 0.3) is 5.91 Å². The molecule has 3 rings (SSSR count). The minimum Gasteiger partial charge on any atom is -0.496 e. The first-order valence-electron chi connectivity index (χ1n) is 7.57. The maximum absolute atomic E-state index is 12.5. The maximum Gasteiger partial charge on any atom is 0.270 e. The van der Waals surface area contributed by atoms with Crippen molar-refractivity contribution in [2.24, 2.45) is 0 Å². The van der Waals surface area contributed by atoms with Crippen LogP contribution in [0, 0.1) is 0 Å². The maximum atomic E-state index is 12.5. The molecule has 0 aliphatic rings.